The molecule has 1 aromatic heterocycles. The lowest BCUT2D eigenvalue weighted by Crippen LogP contribution is -2.05. The number of ether oxygens (including phenoxy) is 1. The minimum atomic E-state index is -2.82. The molecule has 1 heterocycles. The van der Waals surface area contributed by atoms with Gasteiger partial charge in [0.15, 0.2) is 0 Å². The predicted octanol–water partition coefficient (Wildman–Crippen LogP) is 7.14. The van der Waals surface area contributed by atoms with Crippen molar-refractivity contribution in [3.63, 3.8) is 0 Å². The normalized spacial score (nSPS) is 12.5. The van der Waals surface area contributed by atoms with Gasteiger partial charge in [0.25, 0.3) is 0 Å². The molecule has 0 fully saturated rings. The summed E-state index contributed by atoms with van der Waals surface area (Å²) in [5.74, 6) is 0.426. The maximum Gasteiger partial charge on any atom is 0.387 e. The van der Waals surface area contributed by atoms with Crippen LogP contribution >= 0.6 is 0 Å². The summed E-state index contributed by atoms with van der Waals surface area (Å²) >= 11 is 0. The first-order valence-electron chi connectivity index (χ1n) is 9.88. The number of allylic oxidation sites excluding steroid dienone is 3. The standard InChI is InChI=1S/C23H30F2N2O/c1-5-9-18(4)10-7-6-8-11-19-16-22(17(2)3)27(26-19)20-12-14-21(15-13-20)28-23(24)25/h8,10-17,23H,5-7,9H2,1-4H3/b11-8+,18-10-. The van der Waals surface area contributed by atoms with E-state index in [-0.39, 0.29) is 11.7 Å². The van der Waals surface area contributed by atoms with Gasteiger partial charge >= 0.3 is 6.61 Å². The Kier molecular flexibility index (Phi) is 8.42. The smallest absolute Gasteiger partial charge is 0.387 e. The summed E-state index contributed by atoms with van der Waals surface area (Å²) in [5, 5.41) is 4.68. The van der Waals surface area contributed by atoms with Crippen LogP contribution in [-0.2, 0) is 0 Å². The van der Waals surface area contributed by atoms with Gasteiger partial charge in [0.2, 0.25) is 0 Å². The second-order valence-corrected chi connectivity index (χ2v) is 7.21. The molecule has 2 aromatic rings. The van der Waals surface area contributed by atoms with Gasteiger partial charge in [0, 0.05) is 5.69 Å². The van der Waals surface area contributed by atoms with Crippen molar-refractivity contribution in [1.29, 1.82) is 0 Å². The van der Waals surface area contributed by atoms with Crippen LogP contribution in [0.25, 0.3) is 11.8 Å². The van der Waals surface area contributed by atoms with Crippen molar-refractivity contribution in [2.45, 2.75) is 65.9 Å². The number of halogens is 2. The fourth-order valence-corrected chi connectivity index (χ4v) is 3.01. The minimum Gasteiger partial charge on any atom is -0.435 e. The number of rotatable bonds is 10. The molecule has 0 saturated carbocycles. The van der Waals surface area contributed by atoms with E-state index in [0.29, 0.717) is 0 Å². The third-order valence-corrected chi connectivity index (χ3v) is 4.41. The Hall–Kier alpha value is -2.43. The van der Waals surface area contributed by atoms with Crippen molar-refractivity contribution in [1.82, 2.24) is 9.78 Å². The van der Waals surface area contributed by atoms with Gasteiger partial charge < -0.3 is 4.74 Å². The molecule has 0 spiro atoms. The summed E-state index contributed by atoms with van der Waals surface area (Å²) in [6, 6.07) is 8.63. The lowest BCUT2D eigenvalue weighted by atomic mass is 10.1. The first kappa shape index (κ1) is 21.9. The maximum absolute atomic E-state index is 12.3. The summed E-state index contributed by atoms with van der Waals surface area (Å²) in [6.45, 7) is 5.77. The van der Waals surface area contributed by atoms with Gasteiger partial charge in [0.1, 0.15) is 5.75 Å². The summed E-state index contributed by atoms with van der Waals surface area (Å²) in [7, 11) is 0. The number of aromatic nitrogens is 2. The molecule has 0 radical (unpaired) electrons. The van der Waals surface area contributed by atoms with Crippen LogP contribution in [0.4, 0.5) is 8.78 Å². The number of hydrogen-bond acceptors (Lipinski definition) is 2. The first-order chi connectivity index (χ1) is 13.4. The topological polar surface area (TPSA) is 27.1 Å². The van der Waals surface area contributed by atoms with Crippen molar-refractivity contribution >= 4 is 6.08 Å². The van der Waals surface area contributed by atoms with Gasteiger partial charge in [-0.1, -0.05) is 44.9 Å². The Morgan fingerprint density at radius 3 is 2.50 bits per heavy atom. The van der Waals surface area contributed by atoms with Crippen LogP contribution in [-0.4, -0.2) is 16.4 Å². The van der Waals surface area contributed by atoms with E-state index in [1.54, 1.807) is 12.1 Å². The Balaban J connectivity index is 2.10. The Bertz CT molecular complexity index is 789. The third-order valence-electron chi connectivity index (χ3n) is 4.41. The van der Waals surface area contributed by atoms with E-state index in [4.69, 9.17) is 0 Å². The van der Waals surface area contributed by atoms with Gasteiger partial charge in [-0.25, -0.2) is 4.68 Å². The number of alkyl halides is 2. The average molecular weight is 389 g/mol. The predicted molar refractivity (Wildman–Crippen MR) is 111 cm³/mol. The number of hydrogen-bond donors (Lipinski definition) is 0. The molecule has 0 saturated heterocycles. The van der Waals surface area contributed by atoms with Crippen molar-refractivity contribution in [3.8, 4) is 11.4 Å². The Morgan fingerprint density at radius 2 is 1.89 bits per heavy atom. The minimum absolute atomic E-state index is 0.142. The molecule has 5 heteroatoms. The van der Waals surface area contributed by atoms with Crippen molar-refractivity contribution in [2.24, 2.45) is 0 Å². The fourth-order valence-electron chi connectivity index (χ4n) is 3.01. The molecule has 3 nitrogen and oxygen atoms in total. The average Bonchev–Trinajstić information content (AvgIpc) is 3.06. The molecular formula is C23H30F2N2O. The summed E-state index contributed by atoms with van der Waals surface area (Å²) in [6.07, 6.45) is 10.8. The van der Waals surface area contributed by atoms with Crippen LogP contribution < -0.4 is 4.74 Å². The lowest BCUT2D eigenvalue weighted by molar-refractivity contribution is -0.0498. The molecular weight excluding hydrogens is 358 g/mol. The van der Waals surface area contributed by atoms with Crippen LogP contribution in [0, 0.1) is 0 Å². The highest BCUT2D eigenvalue weighted by Crippen LogP contribution is 2.23. The highest BCUT2D eigenvalue weighted by atomic mass is 19.3. The lowest BCUT2D eigenvalue weighted by Gasteiger charge is -2.11. The number of benzene rings is 1. The molecule has 0 unspecified atom stereocenters. The molecule has 0 N–H and O–H groups in total. The third kappa shape index (κ3) is 6.63. The monoisotopic (exact) mass is 388 g/mol. The largest absolute Gasteiger partial charge is 0.435 e. The molecule has 1 aromatic carbocycles. The zero-order chi connectivity index (χ0) is 20.5. The summed E-state index contributed by atoms with van der Waals surface area (Å²) in [4.78, 5) is 0. The van der Waals surface area contributed by atoms with E-state index >= 15 is 0 Å². The van der Waals surface area contributed by atoms with E-state index < -0.39 is 6.61 Å². The molecule has 0 atom stereocenters. The summed E-state index contributed by atoms with van der Waals surface area (Å²) < 4.78 is 30.9. The Labute approximate surface area is 166 Å². The van der Waals surface area contributed by atoms with Crippen LogP contribution in [0.1, 0.15) is 70.7 Å². The molecule has 0 aliphatic heterocycles. The van der Waals surface area contributed by atoms with E-state index in [1.807, 2.05) is 10.8 Å². The van der Waals surface area contributed by atoms with E-state index in [1.165, 1.54) is 24.1 Å². The quantitative estimate of drug-likeness (QED) is 0.319. The van der Waals surface area contributed by atoms with Gasteiger partial charge in [-0.2, -0.15) is 13.9 Å². The van der Waals surface area contributed by atoms with E-state index in [0.717, 1.165) is 36.3 Å². The zero-order valence-electron chi connectivity index (χ0n) is 17.2. The second-order valence-electron chi connectivity index (χ2n) is 7.21. The van der Waals surface area contributed by atoms with Crippen LogP contribution in [0.3, 0.4) is 0 Å². The van der Waals surface area contributed by atoms with Crippen LogP contribution in [0.15, 0.2) is 48.1 Å². The van der Waals surface area contributed by atoms with E-state index in [2.05, 4.69) is 55.7 Å². The summed E-state index contributed by atoms with van der Waals surface area (Å²) in [5.41, 5.74) is 4.23. The zero-order valence-corrected chi connectivity index (χ0v) is 17.2. The molecule has 28 heavy (non-hydrogen) atoms. The van der Waals surface area contributed by atoms with Crippen molar-refractivity contribution in [3.05, 3.63) is 59.4 Å². The van der Waals surface area contributed by atoms with Crippen molar-refractivity contribution < 1.29 is 13.5 Å². The molecule has 0 aliphatic rings. The molecule has 2 rings (SSSR count). The van der Waals surface area contributed by atoms with Gasteiger partial charge in [-0.05, 0) is 68.5 Å². The van der Waals surface area contributed by atoms with Crippen LogP contribution in [0.2, 0.25) is 0 Å². The van der Waals surface area contributed by atoms with Crippen molar-refractivity contribution in [2.75, 3.05) is 0 Å². The number of unbranched alkanes of at least 4 members (excludes halogenated alkanes) is 1. The second kappa shape index (κ2) is 10.8. The van der Waals surface area contributed by atoms with Gasteiger partial charge in [0.05, 0.1) is 11.4 Å². The highest BCUT2D eigenvalue weighted by Gasteiger charge is 2.12. The Morgan fingerprint density at radius 1 is 1.18 bits per heavy atom. The SMILES string of the molecule is CCC/C(C)=C\CC/C=C/c1cc(C(C)C)n(-c2ccc(OC(F)F)cc2)n1. The molecule has 0 aliphatic carbocycles. The number of nitrogens with zero attached hydrogens (tertiary/aromatic N) is 2. The fraction of sp³-hybridized carbons (Fsp3) is 0.435. The highest BCUT2D eigenvalue weighted by molar-refractivity contribution is 5.48. The van der Waals surface area contributed by atoms with Gasteiger partial charge in [-0.3, -0.25) is 0 Å². The molecule has 152 valence electrons. The maximum atomic E-state index is 12.3. The van der Waals surface area contributed by atoms with E-state index in [9.17, 15) is 8.78 Å². The van der Waals surface area contributed by atoms with Crippen LogP contribution in [0.5, 0.6) is 5.75 Å². The van der Waals surface area contributed by atoms with Gasteiger partial charge in [-0.15, -0.1) is 0 Å². The first-order valence-corrected chi connectivity index (χ1v) is 9.88. The molecule has 0 bridgehead atoms. The molecule has 0 amide bonds.